The van der Waals surface area contributed by atoms with Crippen molar-refractivity contribution in [2.24, 2.45) is 22.7 Å². The lowest BCUT2D eigenvalue weighted by atomic mass is 9.67. The molecule has 3 fully saturated rings. The summed E-state index contributed by atoms with van der Waals surface area (Å²) in [6.07, 6.45) is 4.41. The number of rotatable bonds is 2. The van der Waals surface area contributed by atoms with E-state index >= 15 is 0 Å². The van der Waals surface area contributed by atoms with E-state index in [0.717, 1.165) is 17.9 Å². The Morgan fingerprint density at radius 2 is 1.95 bits per heavy atom. The van der Waals surface area contributed by atoms with Crippen LogP contribution in [0.25, 0.3) is 0 Å². The van der Waals surface area contributed by atoms with E-state index in [-0.39, 0.29) is 0 Å². The second-order valence-electron chi connectivity index (χ2n) is 8.62. The van der Waals surface area contributed by atoms with Crippen molar-refractivity contribution in [2.75, 3.05) is 19.6 Å². The third kappa shape index (κ3) is 2.06. The lowest BCUT2D eigenvalue weighted by Crippen LogP contribution is -2.61. The van der Waals surface area contributed by atoms with E-state index in [2.05, 4.69) is 44.8 Å². The van der Waals surface area contributed by atoms with Crippen LogP contribution < -0.4 is 5.32 Å². The standard InChI is InChI=1S/C17H32N2/c1-12(2)14-11-19(9-8-18-14)15-16(3,4)13-6-7-17(15,5)10-13/h12-15,18H,6-11H2,1-5H3. The third-order valence-corrected chi connectivity index (χ3v) is 6.60. The van der Waals surface area contributed by atoms with Crippen molar-refractivity contribution in [1.29, 1.82) is 0 Å². The Morgan fingerprint density at radius 1 is 1.21 bits per heavy atom. The molecule has 2 nitrogen and oxygen atoms in total. The number of nitrogens with zero attached hydrogens (tertiary/aromatic N) is 1. The molecule has 3 rings (SSSR count). The summed E-state index contributed by atoms with van der Waals surface area (Å²) in [7, 11) is 0. The van der Waals surface area contributed by atoms with Gasteiger partial charge in [-0.3, -0.25) is 4.90 Å². The molecule has 1 N–H and O–H groups in total. The second kappa shape index (κ2) is 4.46. The van der Waals surface area contributed by atoms with E-state index in [1.165, 1.54) is 38.9 Å². The van der Waals surface area contributed by atoms with Crippen LogP contribution in [0.4, 0.5) is 0 Å². The van der Waals surface area contributed by atoms with E-state index in [0.29, 0.717) is 16.9 Å². The molecule has 1 aliphatic heterocycles. The average molecular weight is 264 g/mol. The molecule has 2 bridgehead atoms. The van der Waals surface area contributed by atoms with Crippen molar-refractivity contribution in [3.8, 4) is 0 Å². The summed E-state index contributed by atoms with van der Waals surface area (Å²) in [4.78, 5) is 2.85. The molecule has 19 heavy (non-hydrogen) atoms. The Morgan fingerprint density at radius 3 is 2.53 bits per heavy atom. The molecule has 0 spiro atoms. The Bertz CT molecular complexity index is 344. The first-order valence-corrected chi connectivity index (χ1v) is 8.32. The minimum atomic E-state index is 0.520. The van der Waals surface area contributed by atoms with Gasteiger partial charge in [0.15, 0.2) is 0 Å². The average Bonchev–Trinajstić information content (AvgIpc) is 2.80. The van der Waals surface area contributed by atoms with Gasteiger partial charge < -0.3 is 5.32 Å². The van der Waals surface area contributed by atoms with Crippen LogP contribution in [0, 0.1) is 22.7 Å². The Hall–Kier alpha value is -0.0800. The van der Waals surface area contributed by atoms with Crippen LogP contribution in [-0.4, -0.2) is 36.6 Å². The maximum Gasteiger partial charge on any atom is 0.0218 e. The minimum Gasteiger partial charge on any atom is -0.311 e. The minimum absolute atomic E-state index is 0.520. The summed E-state index contributed by atoms with van der Waals surface area (Å²) >= 11 is 0. The van der Waals surface area contributed by atoms with Gasteiger partial charge in [-0.25, -0.2) is 0 Å². The third-order valence-electron chi connectivity index (χ3n) is 6.60. The number of piperazine rings is 1. The van der Waals surface area contributed by atoms with Crippen molar-refractivity contribution < 1.29 is 0 Å². The molecule has 0 radical (unpaired) electrons. The Labute approximate surface area is 119 Å². The first-order chi connectivity index (χ1) is 8.84. The zero-order chi connectivity index (χ0) is 13.8. The fourth-order valence-corrected chi connectivity index (χ4v) is 5.67. The van der Waals surface area contributed by atoms with Gasteiger partial charge in [0.05, 0.1) is 0 Å². The highest BCUT2D eigenvalue weighted by Crippen LogP contribution is 2.64. The predicted molar refractivity (Wildman–Crippen MR) is 81.2 cm³/mol. The molecule has 110 valence electrons. The van der Waals surface area contributed by atoms with Gasteiger partial charge in [0.25, 0.3) is 0 Å². The summed E-state index contributed by atoms with van der Waals surface area (Å²) in [6.45, 7) is 16.0. The maximum atomic E-state index is 3.71. The molecule has 1 heterocycles. The zero-order valence-corrected chi connectivity index (χ0v) is 13.5. The molecule has 4 unspecified atom stereocenters. The van der Waals surface area contributed by atoms with Crippen LogP contribution >= 0.6 is 0 Å². The summed E-state index contributed by atoms with van der Waals surface area (Å²) < 4.78 is 0. The molecule has 1 saturated heterocycles. The number of fused-ring (bicyclic) bond motifs is 2. The highest BCUT2D eigenvalue weighted by molar-refractivity contribution is 5.13. The molecule has 2 saturated carbocycles. The Balaban J connectivity index is 1.81. The quantitative estimate of drug-likeness (QED) is 0.824. The molecular weight excluding hydrogens is 232 g/mol. The molecule has 0 aromatic rings. The van der Waals surface area contributed by atoms with Gasteiger partial charge in [0.2, 0.25) is 0 Å². The number of nitrogens with one attached hydrogen (secondary N) is 1. The van der Waals surface area contributed by atoms with Crippen molar-refractivity contribution in [2.45, 2.75) is 66.0 Å². The van der Waals surface area contributed by atoms with Gasteiger partial charge in [0, 0.05) is 31.7 Å². The number of hydrogen-bond acceptors (Lipinski definition) is 2. The monoisotopic (exact) mass is 264 g/mol. The Kier molecular flexibility index (Phi) is 3.26. The zero-order valence-electron chi connectivity index (χ0n) is 13.5. The lowest BCUT2D eigenvalue weighted by Gasteiger charge is -2.51. The van der Waals surface area contributed by atoms with Crippen molar-refractivity contribution >= 4 is 0 Å². The summed E-state index contributed by atoms with van der Waals surface area (Å²) in [6, 6.07) is 1.49. The van der Waals surface area contributed by atoms with E-state index in [1.807, 2.05) is 0 Å². The maximum absolute atomic E-state index is 3.71. The van der Waals surface area contributed by atoms with Crippen molar-refractivity contribution in [3.05, 3.63) is 0 Å². The fraction of sp³-hybridized carbons (Fsp3) is 1.00. The molecule has 3 aliphatic rings. The normalized spacial score (nSPS) is 46.1. The highest BCUT2D eigenvalue weighted by atomic mass is 15.2. The molecule has 4 atom stereocenters. The first-order valence-electron chi connectivity index (χ1n) is 8.32. The topological polar surface area (TPSA) is 15.3 Å². The van der Waals surface area contributed by atoms with Crippen LogP contribution in [0.3, 0.4) is 0 Å². The van der Waals surface area contributed by atoms with Crippen LogP contribution in [-0.2, 0) is 0 Å². The molecule has 0 amide bonds. The second-order valence-corrected chi connectivity index (χ2v) is 8.62. The van der Waals surface area contributed by atoms with Crippen LogP contribution in [0.1, 0.15) is 53.9 Å². The fourth-order valence-electron chi connectivity index (χ4n) is 5.67. The summed E-state index contributed by atoms with van der Waals surface area (Å²) in [5, 5.41) is 3.71. The van der Waals surface area contributed by atoms with Gasteiger partial charge in [-0.15, -0.1) is 0 Å². The molecule has 2 heteroatoms. The van der Waals surface area contributed by atoms with Crippen molar-refractivity contribution in [1.82, 2.24) is 10.2 Å². The van der Waals surface area contributed by atoms with Crippen LogP contribution in [0.2, 0.25) is 0 Å². The lowest BCUT2D eigenvalue weighted by molar-refractivity contribution is -0.0152. The smallest absolute Gasteiger partial charge is 0.0218 e. The number of hydrogen-bond donors (Lipinski definition) is 1. The van der Waals surface area contributed by atoms with Gasteiger partial charge in [-0.2, -0.15) is 0 Å². The van der Waals surface area contributed by atoms with E-state index in [9.17, 15) is 0 Å². The predicted octanol–water partition coefficient (Wildman–Crippen LogP) is 3.13. The van der Waals surface area contributed by atoms with Gasteiger partial charge in [-0.1, -0.05) is 34.6 Å². The van der Waals surface area contributed by atoms with Gasteiger partial charge in [-0.05, 0) is 41.9 Å². The largest absolute Gasteiger partial charge is 0.311 e. The molecular formula is C17H32N2. The first kappa shape index (κ1) is 13.9. The molecule has 2 aliphatic carbocycles. The van der Waals surface area contributed by atoms with E-state index in [1.54, 1.807) is 0 Å². The van der Waals surface area contributed by atoms with E-state index in [4.69, 9.17) is 0 Å². The van der Waals surface area contributed by atoms with Crippen LogP contribution in [0.5, 0.6) is 0 Å². The van der Waals surface area contributed by atoms with Crippen molar-refractivity contribution in [3.63, 3.8) is 0 Å². The highest BCUT2D eigenvalue weighted by Gasteiger charge is 2.61. The van der Waals surface area contributed by atoms with E-state index < -0.39 is 0 Å². The van der Waals surface area contributed by atoms with Gasteiger partial charge >= 0.3 is 0 Å². The summed E-state index contributed by atoms with van der Waals surface area (Å²) in [5.74, 6) is 1.71. The molecule has 0 aromatic carbocycles. The van der Waals surface area contributed by atoms with Gasteiger partial charge in [0.1, 0.15) is 0 Å². The SMILES string of the molecule is CC(C)C1CN(C2C3(C)CCC(C3)C2(C)C)CCN1. The molecule has 0 aromatic heterocycles. The van der Waals surface area contributed by atoms with Crippen LogP contribution in [0.15, 0.2) is 0 Å². The summed E-state index contributed by atoms with van der Waals surface area (Å²) in [5.41, 5.74) is 1.11.